The maximum absolute atomic E-state index is 13.6. The fourth-order valence-corrected chi connectivity index (χ4v) is 7.23. The summed E-state index contributed by atoms with van der Waals surface area (Å²) in [5.74, 6) is 2.01. The Kier molecular flexibility index (Phi) is 7.10. The second-order valence-corrected chi connectivity index (χ2v) is 11.3. The minimum atomic E-state index is -3.87. The van der Waals surface area contributed by atoms with E-state index in [1.807, 2.05) is 30.3 Å². The minimum Gasteiger partial charge on any atom is -0.495 e. The van der Waals surface area contributed by atoms with E-state index in [0.29, 0.717) is 23.9 Å². The summed E-state index contributed by atoms with van der Waals surface area (Å²) in [5, 5.41) is 3.13. The van der Waals surface area contributed by atoms with Crippen molar-refractivity contribution in [3.05, 3.63) is 59.7 Å². The molecule has 2 aromatic carbocycles. The molecule has 2 bridgehead atoms. The molecule has 4 rings (SSSR count). The third kappa shape index (κ3) is 4.94. The molecule has 4 atom stereocenters. The Labute approximate surface area is 197 Å². The highest BCUT2D eigenvalue weighted by molar-refractivity contribution is 7.89. The number of amides is 1. The Bertz CT molecular complexity index is 1090. The number of benzene rings is 2. The molecule has 2 fully saturated rings. The molecular formula is C26H34N2O4S. The zero-order valence-corrected chi connectivity index (χ0v) is 20.5. The summed E-state index contributed by atoms with van der Waals surface area (Å²) in [7, 11) is -2.43. The molecule has 2 aliphatic carbocycles. The topological polar surface area (TPSA) is 75.7 Å². The zero-order chi connectivity index (χ0) is 23.6. The van der Waals surface area contributed by atoms with Crippen LogP contribution >= 0.6 is 0 Å². The van der Waals surface area contributed by atoms with E-state index < -0.39 is 10.0 Å². The van der Waals surface area contributed by atoms with Crippen LogP contribution in [-0.4, -0.2) is 38.3 Å². The van der Waals surface area contributed by atoms with Gasteiger partial charge in [0.25, 0.3) is 5.91 Å². The van der Waals surface area contributed by atoms with Crippen molar-refractivity contribution in [2.24, 2.45) is 17.8 Å². The summed E-state index contributed by atoms with van der Waals surface area (Å²) in [5.41, 5.74) is 1.23. The summed E-state index contributed by atoms with van der Waals surface area (Å²) in [6, 6.07) is 14.2. The van der Waals surface area contributed by atoms with E-state index in [1.54, 1.807) is 19.1 Å². The third-order valence-corrected chi connectivity index (χ3v) is 9.33. The number of hydrogen-bond donors (Lipinski definition) is 1. The molecule has 33 heavy (non-hydrogen) atoms. The number of fused-ring (bicyclic) bond motifs is 2. The van der Waals surface area contributed by atoms with Gasteiger partial charge in [0, 0.05) is 24.7 Å². The molecule has 0 heterocycles. The molecule has 7 heteroatoms. The number of carbonyl (C=O) groups is 1. The number of hydrogen-bond acceptors (Lipinski definition) is 4. The van der Waals surface area contributed by atoms with Gasteiger partial charge in [0.15, 0.2) is 0 Å². The smallest absolute Gasteiger partial charge is 0.251 e. The van der Waals surface area contributed by atoms with Gasteiger partial charge in [-0.3, -0.25) is 4.79 Å². The molecule has 2 saturated carbocycles. The van der Waals surface area contributed by atoms with Crippen molar-refractivity contribution in [2.45, 2.75) is 57.0 Å². The molecule has 1 N–H and O–H groups in total. The molecule has 0 saturated heterocycles. The van der Waals surface area contributed by atoms with Gasteiger partial charge < -0.3 is 10.1 Å². The highest BCUT2D eigenvalue weighted by Crippen LogP contribution is 2.49. The standard InChI is InChI=1S/C26H34N2O4S/c1-4-28(17-19-8-6-5-7-9-19)33(30,31)25-16-22(12-13-24(25)32-3)26(29)27-18(2)23-15-20-10-11-21(23)14-20/h5-9,12-13,16,18,20-21,23H,4,10-11,14-15,17H2,1-3H3,(H,27,29)/t18-,20+,21+,23-/m1/s1. The summed E-state index contributed by atoms with van der Waals surface area (Å²) in [4.78, 5) is 13.1. The summed E-state index contributed by atoms with van der Waals surface area (Å²) in [6.07, 6.45) is 5.04. The van der Waals surface area contributed by atoms with Gasteiger partial charge in [0.2, 0.25) is 10.0 Å². The lowest BCUT2D eigenvalue weighted by molar-refractivity contribution is 0.0915. The van der Waals surface area contributed by atoms with Crippen LogP contribution in [0.2, 0.25) is 0 Å². The van der Waals surface area contributed by atoms with Crippen LogP contribution in [0.15, 0.2) is 53.4 Å². The van der Waals surface area contributed by atoms with Crippen molar-refractivity contribution in [2.75, 3.05) is 13.7 Å². The highest BCUT2D eigenvalue weighted by atomic mass is 32.2. The number of methoxy groups -OCH3 is 1. The molecular weight excluding hydrogens is 436 g/mol. The first-order valence-electron chi connectivity index (χ1n) is 11.9. The monoisotopic (exact) mass is 470 g/mol. The van der Waals surface area contributed by atoms with Crippen LogP contribution in [-0.2, 0) is 16.6 Å². The van der Waals surface area contributed by atoms with Crippen LogP contribution in [0.3, 0.4) is 0 Å². The Balaban J connectivity index is 1.55. The molecule has 6 nitrogen and oxygen atoms in total. The number of nitrogens with zero attached hydrogens (tertiary/aromatic N) is 1. The quantitative estimate of drug-likeness (QED) is 0.587. The molecule has 2 aromatic rings. The summed E-state index contributed by atoms with van der Waals surface area (Å²) < 4.78 is 33.9. The van der Waals surface area contributed by atoms with E-state index >= 15 is 0 Å². The maximum Gasteiger partial charge on any atom is 0.251 e. The van der Waals surface area contributed by atoms with E-state index in [4.69, 9.17) is 4.74 Å². The number of nitrogens with one attached hydrogen (secondary N) is 1. The zero-order valence-electron chi connectivity index (χ0n) is 19.7. The lowest BCUT2D eigenvalue weighted by Crippen LogP contribution is -2.40. The minimum absolute atomic E-state index is 0.0167. The lowest BCUT2D eigenvalue weighted by atomic mass is 9.84. The Morgan fingerprint density at radius 3 is 2.52 bits per heavy atom. The van der Waals surface area contributed by atoms with E-state index in [9.17, 15) is 13.2 Å². The van der Waals surface area contributed by atoms with E-state index in [1.165, 1.54) is 43.2 Å². The fraction of sp³-hybridized carbons (Fsp3) is 0.500. The van der Waals surface area contributed by atoms with Crippen molar-refractivity contribution >= 4 is 15.9 Å². The first-order chi connectivity index (χ1) is 15.8. The van der Waals surface area contributed by atoms with Crippen molar-refractivity contribution in [1.82, 2.24) is 9.62 Å². The lowest BCUT2D eigenvalue weighted by Gasteiger charge is -2.28. The second kappa shape index (κ2) is 9.85. The van der Waals surface area contributed by atoms with Crippen molar-refractivity contribution in [3.63, 3.8) is 0 Å². The van der Waals surface area contributed by atoms with Gasteiger partial charge in [-0.15, -0.1) is 0 Å². The molecule has 178 valence electrons. The number of sulfonamides is 1. The van der Waals surface area contributed by atoms with Crippen LogP contribution in [0, 0.1) is 17.8 Å². The van der Waals surface area contributed by atoms with Crippen LogP contribution in [0.1, 0.15) is 55.5 Å². The normalized spacial score (nSPS) is 23.0. The van der Waals surface area contributed by atoms with Gasteiger partial charge >= 0.3 is 0 Å². The van der Waals surface area contributed by atoms with Crippen LogP contribution in [0.5, 0.6) is 5.75 Å². The largest absolute Gasteiger partial charge is 0.495 e. The van der Waals surface area contributed by atoms with Gasteiger partial charge in [-0.25, -0.2) is 8.42 Å². The van der Waals surface area contributed by atoms with Crippen LogP contribution < -0.4 is 10.1 Å². The van der Waals surface area contributed by atoms with Crippen molar-refractivity contribution in [3.8, 4) is 5.75 Å². The average Bonchev–Trinajstić information content (AvgIpc) is 3.46. The maximum atomic E-state index is 13.6. The molecule has 0 unspecified atom stereocenters. The third-order valence-electron chi connectivity index (χ3n) is 7.39. The second-order valence-electron chi connectivity index (χ2n) is 9.38. The predicted octanol–water partition coefficient (Wildman–Crippen LogP) is 4.46. The molecule has 0 aromatic heterocycles. The van der Waals surface area contributed by atoms with Crippen LogP contribution in [0.4, 0.5) is 0 Å². The van der Waals surface area contributed by atoms with Gasteiger partial charge in [-0.1, -0.05) is 43.7 Å². The number of ether oxygens (including phenoxy) is 1. The van der Waals surface area contributed by atoms with Crippen molar-refractivity contribution < 1.29 is 17.9 Å². The Morgan fingerprint density at radius 2 is 1.91 bits per heavy atom. The Hall–Kier alpha value is -2.38. The van der Waals surface area contributed by atoms with E-state index in [-0.39, 0.29) is 29.1 Å². The van der Waals surface area contributed by atoms with Crippen molar-refractivity contribution in [1.29, 1.82) is 0 Å². The van der Waals surface area contributed by atoms with E-state index in [2.05, 4.69) is 12.2 Å². The van der Waals surface area contributed by atoms with Gasteiger partial charge in [0.1, 0.15) is 10.6 Å². The number of rotatable bonds is 9. The first-order valence-corrected chi connectivity index (χ1v) is 13.3. The van der Waals surface area contributed by atoms with Gasteiger partial charge in [-0.2, -0.15) is 4.31 Å². The summed E-state index contributed by atoms with van der Waals surface area (Å²) >= 11 is 0. The van der Waals surface area contributed by atoms with Gasteiger partial charge in [0.05, 0.1) is 7.11 Å². The van der Waals surface area contributed by atoms with Crippen LogP contribution in [0.25, 0.3) is 0 Å². The molecule has 1 amide bonds. The highest BCUT2D eigenvalue weighted by Gasteiger charge is 2.42. The molecule has 0 radical (unpaired) electrons. The Morgan fingerprint density at radius 1 is 1.15 bits per heavy atom. The average molecular weight is 471 g/mol. The predicted molar refractivity (Wildman–Crippen MR) is 129 cm³/mol. The SMILES string of the molecule is CCN(Cc1ccccc1)S(=O)(=O)c1cc(C(=O)N[C@H](C)[C@H]2C[C@H]3CC[C@H]2C3)ccc1OC. The number of carbonyl (C=O) groups excluding carboxylic acids is 1. The van der Waals surface area contributed by atoms with Gasteiger partial charge in [-0.05, 0) is 67.7 Å². The summed E-state index contributed by atoms with van der Waals surface area (Å²) in [6.45, 7) is 4.43. The molecule has 0 aliphatic heterocycles. The fourth-order valence-electron chi connectivity index (χ4n) is 5.62. The molecule has 2 aliphatic rings. The molecule has 0 spiro atoms. The first kappa shape index (κ1) is 23.8. The van der Waals surface area contributed by atoms with E-state index in [0.717, 1.165) is 11.5 Å².